The van der Waals surface area contributed by atoms with Crippen molar-refractivity contribution >= 4 is 5.91 Å². The van der Waals surface area contributed by atoms with E-state index in [1.165, 1.54) is 0 Å². The Morgan fingerprint density at radius 2 is 2.53 bits per heavy atom. The molecule has 0 aromatic carbocycles. The molecule has 1 amide bonds. The van der Waals surface area contributed by atoms with Gasteiger partial charge < -0.3 is 5.32 Å². The number of carbonyl (C=O) groups excluding carboxylic acids is 1. The number of rotatable bonds is 3. The molecule has 1 aliphatic carbocycles. The molecule has 0 bridgehead atoms. The van der Waals surface area contributed by atoms with E-state index in [1.807, 2.05) is 19.3 Å². The van der Waals surface area contributed by atoms with Crippen LogP contribution in [0.3, 0.4) is 0 Å². The number of nitrogens with zero attached hydrogens (tertiary/aromatic N) is 3. The van der Waals surface area contributed by atoms with Crippen LogP contribution in [0.4, 0.5) is 0 Å². The Bertz CT molecular complexity index is 425. The fraction of sp³-hybridized carbons (Fsp3) is 0.500. The Labute approximate surface area is 87.7 Å². The third kappa shape index (κ3) is 1.84. The maximum absolute atomic E-state index is 11.6. The average Bonchev–Trinajstić information content (AvgIpc) is 2.93. The molecule has 1 fully saturated rings. The van der Waals surface area contributed by atoms with E-state index in [0.29, 0.717) is 19.4 Å². The van der Waals surface area contributed by atoms with Gasteiger partial charge in [0, 0.05) is 13.2 Å². The van der Waals surface area contributed by atoms with Gasteiger partial charge in [-0.25, -0.2) is 0 Å². The second-order valence-corrected chi connectivity index (χ2v) is 3.86. The Balaban J connectivity index is 1.89. The van der Waals surface area contributed by atoms with Crippen molar-refractivity contribution in [1.29, 1.82) is 5.26 Å². The molecule has 5 nitrogen and oxygen atoms in total. The minimum atomic E-state index is -0.741. The summed E-state index contributed by atoms with van der Waals surface area (Å²) in [6, 6.07) is 3.90. The van der Waals surface area contributed by atoms with E-state index >= 15 is 0 Å². The molecule has 0 atom stereocenters. The molecule has 1 aromatic heterocycles. The van der Waals surface area contributed by atoms with E-state index in [9.17, 15) is 4.79 Å². The summed E-state index contributed by atoms with van der Waals surface area (Å²) in [5.74, 6) is -0.171. The lowest BCUT2D eigenvalue weighted by molar-refractivity contribution is -0.124. The Morgan fingerprint density at radius 3 is 3.00 bits per heavy atom. The number of amides is 1. The molecule has 1 N–H and O–H groups in total. The number of carbonyl (C=O) groups is 1. The minimum Gasteiger partial charge on any atom is -0.349 e. The van der Waals surface area contributed by atoms with Crippen LogP contribution < -0.4 is 5.32 Å². The second kappa shape index (κ2) is 3.39. The first-order chi connectivity index (χ1) is 7.16. The largest absolute Gasteiger partial charge is 0.349 e. The van der Waals surface area contributed by atoms with E-state index in [0.717, 1.165) is 5.69 Å². The van der Waals surface area contributed by atoms with Gasteiger partial charge in [0.1, 0.15) is 5.41 Å². The van der Waals surface area contributed by atoms with Crippen molar-refractivity contribution in [3.8, 4) is 6.07 Å². The normalized spacial score (nSPS) is 16.8. The Kier molecular flexibility index (Phi) is 2.19. The van der Waals surface area contributed by atoms with Gasteiger partial charge in [-0.2, -0.15) is 10.4 Å². The lowest BCUT2D eigenvalue weighted by Gasteiger charge is -2.05. The molecule has 1 heterocycles. The van der Waals surface area contributed by atoms with Crippen molar-refractivity contribution in [2.24, 2.45) is 12.5 Å². The molecule has 15 heavy (non-hydrogen) atoms. The Morgan fingerprint density at radius 1 is 1.80 bits per heavy atom. The van der Waals surface area contributed by atoms with Crippen LogP contribution in [0.1, 0.15) is 18.5 Å². The van der Waals surface area contributed by atoms with E-state index in [1.54, 1.807) is 4.68 Å². The van der Waals surface area contributed by atoms with Crippen molar-refractivity contribution in [1.82, 2.24) is 15.1 Å². The van der Waals surface area contributed by atoms with E-state index < -0.39 is 5.41 Å². The molecular formula is C10H12N4O. The highest BCUT2D eigenvalue weighted by Crippen LogP contribution is 2.44. The zero-order chi connectivity index (χ0) is 10.9. The molecule has 0 saturated heterocycles. The molecule has 1 aliphatic rings. The van der Waals surface area contributed by atoms with E-state index in [2.05, 4.69) is 16.5 Å². The molecule has 78 valence electrons. The van der Waals surface area contributed by atoms with Crippen molar-refractivity contribution in [2.75, 3.05) is 0 Å². The van der Waals surface area contributed by atoms with Gasteiger partial charge in [0.25, 0.3) is 0 Å². The summed E-state index contributed by atoms with van der Waals surface area (Å²) in [5, 5.41) is 15.7. The molecule has 0 radical (unpaired) electrons. The molecule has 1 saturated carbocycles. The smallest absolute Gasteiger partial charge is 0.240 e. The van der Waals surface area contributed by atoms with Crippen LogP contribution in [0.2, 0.25) is 0 Å². The van der Waals surface area contributed by atoms with Gasteiger partial charge in [0.2, 0.25) is 5.91 Å². The number of nitriles is 1. The van der Waals surface area contributed by atoms with E-state index in [4.69, 9.17) is 5.26 Å². The molecule has 2 rings (SSSR count). The van der Waals surface area contributed by atoms with Crippen LogP contribution in [0.15, 0.2) is 12.3 Å². The first kappa shape index (κ1) is 9.71. The third-order valence-electron chi connectivity index (χ3n) is 2.60. The highest BCUT2D eigenvalue weighted by Gasteiger charge is 2.50. The highest BCUT2D eigenvalue weighted by molar-refractivity contribution is 5.88. The maximum atomic E-state index is 11.6. The first-order valence-electron chi connectivity index (χ1n) is 4.84. The van der Waals surface area contributed by atoms with Crippen molar-refractivity contribution < 1.29 is 4.79 Å². The van der Waals surface area contributed by atoms with Crippen molar-refractivity contribution in [3.05, 3.63) is 18.0 Å². The number of aryl methyl sites for hydroxylation is 1. The molecule has 1 aromatic rings. The van der Waals surface area contributed by atoms with Gasteiger partial charge in [-0.3, -0.25) is 9.48 Å². The number of hydrogen-bond donors (Lipinski definition) is 1. The van der Waals surface area contributed by atoms with Gasteiger partial charge in [-0.05, 0) is 18.9 Å². The van der Waals surface area contributed by atoms with Crippen molar-refractivity contribution in [3.63, 3.8) is 0 Å². The topological polar surface area (TPSA) is 70.7 Å². The minimum absolute atomic E-state index is 0.171. The van der Waals surface area contributed by atoms with Crippen LogP contribution >= 0.6 is 0 Å². The molecule has 0 unspecified atom stereocenters. The highest BCUT2D eigenvalue weighted by atomic mass is 16.2. The van der Waals surface area contributed by atoms with Gasteiger partial charge in [0.15, 0.2) is 0 Å². The van der Waals surface area contributed by atoms with Gasteiger partial charge in [-0.15, -0.1) is 0 Å². The SMILES string of the molecule is Cn1ccc(CNC(=O)C2(C#N)CC2)n1. The zero-order valence-electron chi connectivity index (χ0n) is 8.53. The number of aromatic nitrogens is 2. The lowest BCUT2D eigenvalue weighted by Crippen LogP contribution is -2.30. The van der Waals surface area contributed by atoms with Gasteiger partial charge >= 0.3 is 0 Å². The summed E-state index contributed by atoms with van der Waals surface area (Å²) in [7, 11) is 1.82. The average molecular weight is 204 g/mol. The standard InChI is InChI=1S/C10H12N4O/c1-14-5-2-8(13-14)6-12-9(15)10(7-11)3-4-10/h2,5H,3-4,6H2,1H3,(H,12,15). The monoisotopic (exact) mass is 204 g/mol. The summed E-state index contributed by atoms with van der Waals surface area (Å²) in [6.07, 6.45) is 3.17. The molecule has 0 aliphatic heterocycles. The summed E-state index contributed by atoms with van der Waals surface area (Å²) < 4.78 is 1.68. The Hall–Kier alpha value is -1.83. The molecule has 0 spiro atoms. The molecule has 5 heteroatoms. The van der Waals surface area contributed by atoms with Crippen LogP contribution in [0.25, 0.3) is 0 Å². The van der Waals surface area contributed by atoms with Gasteiger partial charge in [-0.1, -0.05) is 0 Å². The quantitative estimate of drug-likeness (QED) is 0.771. The predicted octanol–water partition coefficient (Wildman–Crippen LogP) is 0.340. The van der Waals surface area contributed by atoms with Crippen LogP contribution in [-0.2, 0) is 18.4 Å². The fourth-order valence-corrected chi connectivity index (χ4v) is 1.41. The summed E-state index contributed by atoms with van der Waals surface area (Å²) in [5.41, 5.74) is 0.0639. The molecular weight excluding hydrogens is 192 g/mol. The second-order valence-electron chi connectivity index (χ2n) is 3.86. The van der Waals surface area contributed by atoms with E-state index in [-0.39, 0.29) is 5.91 Å². The predicted molar refractivity (Wildman–Crippen MR) is 52.3 cm³/mol. The summed E-state index contributed by atoms with van der Waals surface area (Å²) in [6.45, 7) is 0.392. The fourth-order valence-electron chi connectivity index (χ4n) is 1.41. The number of hydrogen-bond acceptors (Lipinski definition) is 3. The first-order valence-corrected chi connectivity index (χ1v) is 4.84. The number of nitrogens with one attached hydrogen (secondary N) is 1. The van der Waals surface area contributed by atoms with Crippen LogP contribution in [-0.4, -0.2) is 15.7 Å². The van der Waals surface area contributed by atoms with Gasteiger partial charge in [0.05, 0.1) is 18.3 Å². The van der Waals surface area contributed by atoms with Crippen molar-refractivity contribution in [2.45, 2.75) is 19.4 Å². The third-order valence-corrected chi connectivity index (χ3v) is 2.60. The zero-order valence-corrected chi connectivity index (χ0v) is 8.53. The lowest BCUT2D eigenvalue weighted by atomic mass is 10.1. The summed E-state index contributed by atoms with van der Waals surface area (Å²) >= 11 is 0. The van der Waals surface area contributed by atoms with Crippen LogP contribution in [0, 0.1) is 16.7 Å². The maximum Gasteiger partial charge on any atom is 0.240 e. The summed E-state index contributed by atoms with van der Waals surface area (Å²) in [4.78, 5) is 11.6. The van der Waals surface area contributed by atoms with Crippen LogP contribution in [0.5, 0.6) is 0 Å².